The van der Waals surface area contributed by atoms with Gasteiger partial charge in [0.15, 0.2) is 0 Å². The van der Waals surface area contributed by atoms with Gasteiger partial charge in [0.1, 0.15) is 12.1 Å². The summed E-state index contributed by atoms with van der Waals surface area (Å²) in [5.41, 5.74) is 1.21. The molecular formula is C17H14N2O5. The van der Waals surface area contributed by atoms with Crippen molar-refractivity contribution in [2.24, 2.45) is 0 Å². The maximum Gasteiger partial charge on any atom is 0.262 e. The minimum atomic E-state index is -0.953. The summed E-state index contributed by atoms with van der Waals surface area (Å²) in [5, 5.41) is 2.19. The van der Waals surface area contributed by atoms with Crippen LogP contribution in [0.1, 0.15) is 51.6 Å². The molecule has 1 N–H and O–H groups in total. The van der Waals surface area contributed by atoms with Crippen molar-refractivity contribution in [1.29, 1.82) is 0 Å². The number of ether oxygens (including phenoxy) is 1. The topological polar surface area (TPSA) is 92.8 Å². The molecule has 0 radical (unpaired) electrons. The number of benzene rings is 1. The first-order valence-electron chi connectivity index (χ1n) is 7.73. The van der Waals surface area contributed by atoms with Crippen LogP contribution >= 0.6 is 0 Å². The maximum absolute atomic E-state index is 12.9. The Kier molecular flexibility index (Phi) is 3.23. The van der Waals surface area contributed by atoms with Gasteiger partial charge >= 0.3 is 0 Å². The second kappa shape index (κ2) is 5.30. The molecular weight excluding hydrogens is 312 g/mol. The molecule has 1 aromatic carbocycles. The van der Waals surface area contributed by atoms with Crippen LogP contribution in [0.3, 0.4) is 0 Å². The fraction of sp³-hybridized carbons (Fsp3) is 0.294. The van der Waals surface area contributed by atoms with Crippen LogP contribution in [0.5, 0.6) is 0 Å². The zero-order valence-corrected chi connectivity index (χ0v) is 12.7. The van der Waals surface area contributed by atoms with Gasteiger partial charge in [0.05, 0.1) is 17.4 Å². The van der Waals surface area contributed by atoms with Crippen molar-refractivity contribution in [3.8, 4) is 0 Å². The minimum Gasteiger partial charge on any atom is -0.493 e. The highest BCUT2D eigenvalue weighted by Crippen LogP contribution is 2.36. The molecule has 1 saturated heterocycles. The van der Waals surface area contributed by atoms with Gasteiger partial charge in [-0.1, -0.05) is 12.1 Å². The van der Waals surface area contributed by atoms with Crippen molar-refractivity contribution < 1.29 is 23.9 Å². The Morgan fingerprint density at radius 2 is 1.96 bits per heavy atom. The first-order valence-corrected chi connectivity index (χ1v) is 7.73. The van der Waals surface area contributed by atoms with E-state index < -0.39 is 23.8 Å². The third-order valence-corrected chi connectivity index (χ3v) is 4.54. The van der Waals surface area contributed by atoms with Crippen LogP contribution in [0.25, 0.3) is 0 Å². The Labute approximate surface area is 137 Å². The summed E-state index contributed by atoms with van der Waals surface area (Å²) >= 11 is 0. The van der Waals surface area contributed by atoms with Gasteiger partial charge < -0.3 is 4.74 Å². The van der Waals surface area contributed by atoms with Crippen molar-refractivity contribution >= 4 is 23.6 Å². The molecule has 4 amide bonds. The molecule has 3 aliphatic rings. The van der Waals surface area contributed by atoms with Crippen molar-refractivity contribution in [2.75, 3.05) is 0 Å². The summed E-state index contributed by atoms with van der Waals surface area (Å²) < 4.78 is 5.48. The van der Waals surface area contributed by atoms with E-state index >= 15 is 0 Å². The summed E-state index contributed by atoms with van der Waals surface area (Å²) in [6, 6.07) is 4.09. The fourth-order valence-electron chi connectivity index (χ4n) is 3.39. The molecule has 0 aliphatic carbocycles. The smallest absolute Gasteiger partial charge is 0.262 e. The lowest BCUT2D eigenvalue weighted by Gasteiger charge is -2.28. The van der Waals surface area contributed by atoms with Crippen LogP contribution in [-0.2, 0) is 14.3 Å². The third kappa shape index (κ3) is 2.05. The highest BCUT2D eigenvalue weighted by Gasteiger charge is 2.46. The lowest BCUT2D eigenvalue weighted by atomic mass is 9.97. The van der Waals surface area contributed by atoms with Gasteiger partial charge in [-0.15, -0.1) is 0 Å². The molecule has 1 aromatic rings. The Morgan fingerprint density at radius 3 is 2.67 bits per heavy atom. The number of imide groups is 2. The van der Waals surface area contributed by atoms with E-state index in [2.05, 4.69) is 5.32 Å². The summed E-state index contributed by atoms with van der Waals surface area (Å²) in [6.07, 6.45) is 3.99. The number of piperidine rings is 1. The number of fused-ring (bicyclic) bond motifs is 1. The standard InChI is InChI=1S/C17H14N2O5/c20-13-7-6-11(15(21)18-13)19-16(22)10-4-1-3-9(14(10)17(19)23)12-5-2-8-24-12/h1-4,8,11-12H,5-7H2,(H,18,20,21). The van der Waals surface area contributed by atoms with Crippen molar-refractivity contribution in [3.63, 3.8) is 0 Å². The lowest BCUT2D eigenvalue weighted by Crippen LogP contribution is -2.54. The van der Waals surface area contributed by atoms with Crippen molar-refractivity contribution in [3.05, 3.63) is 47.2 Å². The average Bonchev–Trinajstić information content (AvgIpc) is 3.17. The Bertz CT molecular complexity index is 805. The Morgan fingerprint density at radius 1 is 1.12 bits per heavy atom. The van der Waals surface area contributed by atoms with Gasteiger partial charge in [-0.3, -0.25) is 29.4 Å². The maximum atomic E-state index is 12.9. The Balaban J connectivity index is 1.72. The van der Waals surface area contributed by atoms with E-state index in [9.17, 15) is 19.2 Å². The molecule has 2 atom stereocenters. The van der Waals surface area contributed by atoms with Gasteiger partial charge in [-0.05, 0) is 18.6 Å². The van der Waals surface area contributed by atoms with Crippen LogP contribution in [0, 0.1) is 0 Å². The average molecular weight is 326 g/mol. The fourth-order valence-corrected chi connectivity index (χ4v) is 3.39. The number of nitrogens with zero attached hydrogens (tertiary/aromatic N) is 1. The second-order valence-corrected chi connectivity index (χ2v) is 5.95. The first kappa shape index (κ1) is 14.6. The van der Waals surface area contributed by atoms with E-state index in [1.54, 1.807) is 24.5 Å². The molecule has 2 unspecified atom stereocenters. The van der Waals surface area contributed by atoms with E-state index in [0.29, 0.717) is 17.5 Å². The van der Waals surface area contributed by atoms with Gasteiger partial charge in [0, 0.05) is 18.4 Å². The molecule has 0 aromatic heterocycles. The molecule has 122 valence electrons. The normalized spacial score (nSPS) is 25.8. The largest absolute Gasteiger partial charge is 0.493 e. The Hall–Kier alpha value is -2.96. The second-order valence-electron chi connectivity index (χ2n) is 5.95. The number of hydrogen-bond acceptors (Lipinski definition) is 5. The number of amides is 4. The highest BCUT2D eigenvalue weighted by atomic mass is 16.5. The van der Waals surface area contributed by atoms with Gasteiger partial charge in [-0.25, -0.2) is 0 Å². The molecule has 7 heteroatoms. The molecule has 0 spiro atoms. The van der Waals surface area contributed by atoms with Crippen LogP contribution in [0.2, 0.25) is 0 Å². The molecule has 0 saturated carbocycles. The lowest BCUT2D eigenvalue weighted by molar-refractivity contribution is -0.136. The molecule has 4 rings (SSSR count). The molecule has 24 heavy (non-hydrogen) atoms. The van der Waals surface area contributed by atoms with E-state index in [1.807, 2.05) is 6.08 Å². The number of nitrogens with one attached hydrogen (secondary N) is 1. The molecule has 1 fully saturated rings. The first-order chi connectivity index (χ1) is 11.6. The molecule has 7 nitrogen and oxygen atoms in total. The van der Waals surface area contributed by atoms with E-state index in [1.165, 1.54) is 0 Å². The van der Waals surface area contributed by atoms with Crippen LogP contribution in [-0.4, -0.2) is 34.6 Å². The summed E-state index contributed by atoms with van der Waals surface area (Å²) in [5.74, 6) is -2.01. The zero-order chi connectivity index (χ0) is 16.8. The number of carbonyl (C=O) groups excluding carboxylic acids is 4. The zero-order valence-electron chi connectivity index (χ0n) is 12.7. The quantitative estimate of drug-likeness (QED) is 0.821. The van der Waals surface area contributed by atoms with E-state index in [-0.39, 0.29) is 30.4 Å². The minimum absolute atomic E-state index is 0.103. The van der Waals surface area contributed by atoms with Crippen molar-refractivity contribution in [2.45, 2.75) is 31.4 Å². The predicted molar refractivity (Wildman–Crippen MR) is 80.7 cm³/mol. The molecule has 3 aliphatic heterocycles. The van der Waals surface area contributed by atoms with Crippen molar-refractivity contribution in [1.82, 2.24) is 10.2 Å². The predicted octanol–water partition coefficient (Wildman–Crippen LogP) is 1.06. The molecule has 3 heterocycles. The van der Waals surface area contributed by atoms with Crippen LogP contribution in [0.4, 0.5) is 0 Å². The summed E-state index contributed by atoms with van der Waals surface area (Å²) in [4.78, 5) is 49.9. The highest BCUT2D eigenvalue weighted by molar-refractivity contribution is 6.24. The molecule has 0 bridgehead atoms. The number of hydrogen-bond donors (Lipinski definition) is 1. The number of carbonyl (C=O) groups is 4. The van der Waals surface area contributed by atoms with Crippen LogP contribution in [0.15, 0.2) is 30.5 Å². The third-order valence-electron chi connectivity index (χ3n) is 4.54. The SMILES string of the molecule is O=C1CCC(N2C(=O)c3cccc(C4CC=CO4)c3C2=O)C(=O)N1. The van der Waals surface area contributed by atoms with Gasteiger partial charge in [-0.2, -0.15) is 0 Å². The summed E-state index contributed by atoms with van der Waals surface area (Å²) in [7, 11) is 0. The van der Waals surface area contributed by atoms with Crippen LogP contribution < -0.4 is 5.32 Å². The van der Waals surface area contributed by atoms with Gasteiger partial charge in [0.25, 0.3) is 11.8 Å². The van der Waals surface area contributed by atoms with E-state index in [4.69, 9.17) is 4.74 Å². The monoisotopic (exact) mass is 326 g/mol. The van der Waals surface area contributed by atoms with Gasteiger partial charge in [0.2, 0.25) is 11.8 Å². The number of rotatable bonds is 2. The van der Waals surface area contributed by atoms with E-state index in [0.717, 1.165) is 4.90 Å². The summed E-state index contributed by atoms with van der Waals surface area (Å²) in [6.45, 7) is 0.